The Balaban J connectivity index is 1.62. The lowest BCUT2D eigenvalue weighted by Gasteiger charge is -2.58. The quantitative estimate of drug-likeness (QED) is 0.744. The maximum absolute atomic E-state index is 11.6. The first kappa shape index (κ1) is 13.0. The Bertz CT molecular complexity index is 743. The Morgan fingerprint density at radius 3 is 2.91 bits per heavy atom. The van der Waals surface area contributed by atoms with E-state index in [4.69, 9.17) is 0 Å². The number of aliphatic hydroxyl groups is 1. The molecule has 0 amide bonds. The molecule has 3 unspecified atom stereocenters. The SMILES string of the molecule is C/C=C1\CN2[C@H]3C[C@@]45c6ccccc6N(C)[C@H]4[C@@H]2CC1C3[C@H]5O. The minimum Gasteiger partial charge on any atom is -0.392 e. The van der Waals surface area contributed by atoms with Crippen LogP contribution < -0.4 is 4.90 Å². The van der Waals surface area contributed by atoms with Gasteiger partial charge < -0.3 is 10.0 Å². The molecule has 1 aromatic rings. The molecule has 3 nitrogen and oxygen atoms in total. The number of allylic oxidation sites excluding steroid dienone is 1. The monoisotopic (exact) mass is 308 g/mol. The van der Waals surface area contributed by atoms with E-state index in [0.717, 1.165) is 13.0 Å². The lowest BCUT2D eigenvalue weighted by molar-refractivity contribution is -0.0345. The molecule has 6 aliphatic rings. The normalized spacial score (nSPS) is 53.1. The fourth-order valence-corrected chi connectivity index (χ4v) is 7.35. The third-order valence-corrected chi connectivity index (χ3v) is 8.00. The molecule has 5 bridgehead atoms. The van der Waals surface area contributed by atoms with Crippen molar-refractivity contribution in [1.29, 1.82) is 0 Å². The van der Waals surface area contributed by atoms with Gasteiger partial charge in [-0.15, -0.1) is 0 Å². The third-order valence-electron chi connectivity index (χ3n) is 8.00. The number of benzene rings is 1. The maximum atomic E-state index is 11.6. The molecule has 5 heterocycles. The fourth-order valence-electron chi connectivity index (χ4n) is 7.35. The van der Waals surface area contributed by atoms with Crippen molar-refractivity contribution >= 4 is 5.69 Å². The van der Waals surface area contributed by atoms with Crippen molar-refractivity contribution in [3.05, 3.63) is 41.5 Å². The van der Waals surface area contributed by atoms with Crippen molar-refractivity contribution in [2.45, 2.75) is 49.4 Å². The molecule has 0 radical (unpaired) electrons. The number of anilines is 1. The number of fused-ring (bicyclic) bond motifs is 2. The number of hydrogen-bond donors (Lipinski definition) is 1. The number of likely N-dealkylation sites (N-methyl/N-ethyl adjacent to an activating group) is 1. The van der Waals surface area contributed by atoms with Gasteiger partial charge in [0.2, 0.25) is 0 Å². The molecule has 7 rings (SSSR count). The first-order valence-corrected chi connectivity index (χ1v) is 9.09. The van der Waals surface area contributed by atoms with Crippen LogP contribution >= 0.6 is 0 Å². The molecular formula is C20H24N2O. The van der Waals surface area contributed by atoms with Gasteiger partial charge >= 0.3 is 0 Å². The second-order valence-corrected chi connectivity index (χ2v) is 8.35. The fraction of sp³-hybridized carbons (Fsp3) is 0.600. The highest BCUT2D eigenvalue weighted by Gasteiger charge is 2.74. The van der Waals surface area contributed by atoms with Crippen molar-refractivity contribution in [3.8, 4) is 0 Å². The topological polar surface area (TPSA) is 26.7 Å². The van der Waals surface area contributed by atoms with Gasteiger partial charge in [0.25, 0.3) is 0 Å². The van der Waals surface area contributed by atoms with Crippen LogP contribution in [-0.4, -0.2) is 47.8 Å². The predicted molar refractivity (Wildman–Crippen MR) is 90.6 cm³/mol. The second kappa shape index (κ2) is 3.84. The summed E-state index contributed by atoms with van der Waals surface area (Å²) < 4.78 is 0. The molecule has 4 saturated heterocycles. The molecule has 3 heteroatoms. The summed E-state index contributed by atoms with van der Waals surface area (Å²) in [7, 11) is 2.25. The molecule has 5 fully saturated rings. The van der Waals surface area contributed by atoms with Crippen LogP contribution in [0, 0.1) is 11.8 Å². The van der Waals surface area contributed by atoms with E-state index in [-0.39, 0.29) is 11.5 Å². The number of hydrogen-bond acceptors (Lipinski definition) is 3. The summed E-state index contributed by atoms with van der Waals surface area (Å²) >= 11 is 0. The standard InChI is InChI=1S/C20H24N2O/c1-3-11-10-22-15-8-12(11)17-16(22)9-20(19(17)23)13-6-4-5-7-14(13)21(2)18(15)20/h3-7,12,15-19,23H,8-10H2,1-2H3/b11-3+/t12?,15-,16-,17?,18-,19+,20+/m0/s1. The molecule has 1 aromatic carbocycles. The summed E-state index contributed by atoms with van der Waals surface area (Å²) in [6, 6.07) is 10.5. The number of nitrogens with zero attached hydrogens (tertiary/aromatic N) is 2. The minimum atomic E-state index is -0.196. The van der Waals surface area contributed by atoms with Crippen molar-refractivity contribution in [2.75, 3.05) is 18.5 Å². The summed E-state index contributed by atoms with van der Waals surface area (Å²) in [6.07, 6.45) is 4.51. The van der Waals surface area contributed by atoms with Gasteiger partial charge in [-0.1, -0.05) is 29.8 Å². The molecule has 1 N–H and O–H groups in total. The lowest BCUT2D eigenvalue weighted by Crippen LogP contribution is -2.68. The van der Waals surface area contributed by atoms with Crippen LogP contribution in [0.25, 0.3) is 0 Å². The van der Waals surface area contributed by atoms with Gasteiger partial charge in [-0.25, -0.2) is 0 Å². The van der Waals surface area contributed by atoms with Crippen LogP contribution in [-0.2, 0) is 5.41 Å². The highest BCUT2D eigenvalue weighted by Crippen LogP contribution is 2.67. The highest BCUT2D eigenvalue weighted by molar-refractivity contribution is 5.67. The van der Waals surface area contributed by atoms with Crippen LogP contribution in [0.3, 0.4) is 0 Å². The number of piperidine rings is 4. The van der Waals surface area contributed by atoms with Gasteiger partial charge in [0.15, 0.2) is 0 Å². The zero-order valence-electron chi connectivity index (χ0n) is 13.8. The Labute approximate surface area is 137 Å². The van der Waals surface area contributed by atoms with Crippen LogP contribution in [0.5, 0.6) is 0 Å². The van der Waals surface area contributed by atoms with Crippen LogP contribution in [0.15, 0.2) is 35.9 Å². The van der Waals surface area contributed by atoms with Crippen LogP contribution in [0.2, 0.25) is 0 Å². The third kappa shape index (κ3) is 1.17. The van der Waals surface area contributed by atoms with Crippen LogP contribution in [0.1, 0.15) is 25.3 Å². The molecule has 1 spiro atoms. The molecule has 23 heavy (non-hydrogen) atoms. The first-order valence-electron chi connectivity index (χ1n) is 9.09. The van der Waals surface area contributed by atoms with Gasteiger partial charge in [-0.2, -0.15) is 0 Å². The zero-order chi connectivity index (χ0) is 15.5. The van der Waals surface area contributed by atoms with Crippen molar-refractivity contribution in [3.63, 3.8) is 0 Å². The van der Waals surface area contributed by atoms with Gasteiger partial charge in [0.1, 0.15) is 0 Å². The van der Waals surface area contributed by atoms with E-state index >= 15 is 0 Å². The average molecular weight is 308 g/mol. The number of para-hydroxylation sites is 1. The summed E-state index contributed by atoms with van der Waals surface area (Å²) in [4.78, 5) is 5.25. The molecule has 120 valence electrons. The molecule has 0 aromatic heterocycles. The Morgan fingerprint density at radius 2 is 2.09 bits per heavy atom. The average Bonchev–Trinajstić information content (AvgIpc) is 2.98. The largest absolute Gasteiger partial charge is 0.392 e. The van der Waals surface area contributed by atoms with Crippen LogP contribution in [0.4, 0.5) is 5.69 Å². The molecule has 1 saturated carbocycles. The highest BCUT2D eigenvalue weighted by atomic mass is 16.3. The van der Waals surface area contributed by atoms with Crippen molar-refractivity contribution < 1.29 is 5.11 Å². The summed E-state index contributed by atoms with van der Waals surface area (Å²) in [5.74, 6) is 1.05. The summed E-state index contributed by atoms with van der Waals surface area (Å²) in [6.45, 7) is 3.31. The van der Waals surface area contributed by atoms with E-state index in [2.05, 4.69) is 54.1 Å². The second-order valence-electron chi connectivity index (χ2n) is 8.35. The van der Waals surface area contributed by atoms with E-state index in [1.54, 1.807) is 5.57 Å². The van der Waals surface area contributed by atoms with E-state index in [9.17, 15) is 5.11 Å². The van der Waals surface area contributed by atoms with E-state index in [1.165, 1.54) is 17.7 Å². The molecule has 8 atom stereocenters. The molecular weight excluding hydrogens is 284 g/mol. The van der Waals surface area contributed by atoms with Crippen molar-refractivity contribution in [2.24, 2.45) is 11.8 Å². The number of aliphatic hydroxyl groups excluding tert-OH is 1. The lowest BCUT2D eigenvalue weighted by atomic mass is 9.65. The first-order chi connectivity index (χ1) is 11.2. The molecule has 1 aliphatic carbocycles. The minimum absolute atomic E-state index is 0.0280. The summed E-state index contributed by atoms with van der Waals surface area (Å²) in [5, 5.41) is 11.6. The summed E-state index contributed by atoms with van der Waals surface area (Å²) in [5.41, 5.74) is 4.32. The zero-order valence-corrected chi connectivity index (χ0v) is 13.8. The van der Waals surface area contributed by atoms with Gasteiger partial charge in [-0.05, 0) is 37.3 Å². The van der Waals surface area contributed by atoms with Crippen molar-refractivity contribution in [1.82, 2.24) is 4.90 Å². The number of rotatable bonds is 0. The smallest absolute Gasteiger partial charge is 0.0707 e. The Hall–Kier alpha value is -1.32. The maximum Gasteiger partial charge on any atom is 0.0707 e. The van der Waals surface area contributed by atoms with E-state index in [0.29, 0.717) is 30.0 Å². The van der Waals surface area contributed by atoms with Gasteiger partial charge in [-0.3, -0.25) is 4.90 Å². The van der Waals surface area contributed by atoms with E-state index < -0.39 is 0 Å². The Kier molecular flexibility index (Phi) is 2.17. The van der Waals surface area contributed by atoms with Gasteiger partial charge in [0.05, 0.1) is 12.1 Å². The van der Waals surface area contributed by atoms with E-state index in [1.807, 2.05) is 0 Å². The molecule has 5 aliphatic heterocycles. The van der Waals surface area contributed by atoms with Gasteiger partial charge in [0, 0.05) is 42.7 Å². The predicted octanol–water partition coefficient (Wildman–Crippen LogP) is 2.16. The Morgan fingerprint density at radius 1 is 1.26 bits per heavy atom.